The van der Waals surface area contributed by atoms with E-state index in [4.69, 9.17) is 9.47 Å². The lowest BCUT2D eigenvalue weighted by molar-refractivity contribution is -0.300. The van der Waals surface area contributed by atoms with Gasteiger partial charge in [0.05, 0.1) is 6.61 Å². The van der Waals surface area contributed by atoms with E-state index in [2.05, 4.69) is 20.0 Å². The summed E-state index contributed by atoms with van der Waals surface area (Å²) in [6.07, 6.45) is 16.3. The summed E-state index contributed by atoms with van der Waals surface area (Å²) in [5, 5.41) is 39.1. The first kappa shape index (κ1) is 33.0. The van der Waals surface area contributed by atoms with E-state index in [0.717, 1.165) is 6.04 Å². The molecule has 0 unspecified atom stereocenters. The van der Waals surface area contributed by atoms with Crippen LogP contribution >= 0.6 is 0 Å². The minimum atomic E-state index is -1.40. The van der Waals surface area contributed by atoms with Crippen LogP contribution in [0.2, 0.25) is 25.2 Å². The van der Waals surface area contributed by atoms with Crippen LogP contribution in [0.4, 0.5) is 0 Å². The highest BCUT2D eigenvalue weighted by atomic mass is 28.3. The first-order valence-corrected chi connectivity index (χ1v) is 18.2. The van der Waals surface area contributed by atoms with Crippen molar-refractivity contribution in [3.63, 3.8) is 0 Å². The second-order valence-corrected chi connectivity index (χ2v) is 16.9. The first-order valence-electron chi connectivity index (χ1n) is 14.7. The summed E-state index contributed by atoms with van der Waals surface area (Å²) in [7, 11) is -1.40. The highest BCUT2D eigenvalue weighted by Gasteiger charge is 2.44. The van der Waals surface area contributed by atoms with Gasteiger partial charge in [0, 0.05) is 14.7 Å². The lowest BCUT2D eigenvalue weighted by atomic mass is 9.99. The lowest BCUT2D eigenvalue weighted by Gasteiger charge is -2.39. The molecular formula is C28H58O6Si. The zero-order chi connectivity index (χ0) is 25.9. The zero-order valence-electron chi connectivity index (χ0n) is 23.1. The summed E-state index contributed by atoms with van der Waals surface area (Å²) in [6.45, 7) is 7.05. The summed E-state index contributed by atoms with van der Waals surface area (Å²) in [4.78, 5) is 0. The molecule has 6 nitrogen and oxygen atoms in total. The van der Waals surface area contributed by atoms with Crippen LogP contribution in [0.3, 0.4) is 0 Å². The van der Waals surface area contributed by atoms with Gasteiger partial charge in [-0.1, -0.05) is 129 Å². The van der Waals surface area contributed by atoms with Gasteiger partial charge in [0.15, 0.2) is 6.29 Å². The van der Waals surface area contributed by atoms with Gasteiger partial charge in [0.1, 0.15) is 24.4 Å². The number of ether oxygens (including phenoxy) is 2. The molecule has 0 amide bonds. The van der Waals surface area contributed by atoms with Crippen molar-refractivity contribution in [1.82, 2.24) is 0 Å². The Morgan fingerprint density at radius 3 is 1.54 bits per heavy atom. The van der Waals surface area contributed by atoms with Gasteiger partial charge >= 0.3 is 0 Å². The van der Waals surface area contributed by atoms with Crippen LogP contribution in [-0.4, -0.2) is 72.4 Å². The largest absolute Gasteiger partial charge is 0.394 e. The fourth-order valence-corrected chi connectivity index (χ4v) is 7.06. The topological polar surface area (TPSA) is 99.4 Å². The van der Waals surface area contributed by atoms with Crippen molar-refractivity contribution in [1.29, 1.82) is 0 Å². The van der Waals surface area contributed by atoms with E-state index in [1.165, 1.54) is 109 Å². The Hall–Kier alpha value is -0.0231. The minimum absolute atomic E-state index is 0.426. The van der Waals surface area contributed by atoms with Crippen molar-refractivity contribution in [3.05, 3.63) is 0 Å². The molecule has 0 aromatic carbocycles. The van der Waals surface area contributed by atoms with Gasteiger partial charge in [-0.2, -0.15) is 0 Å². The Morgan fingerprint density at radius 2 is 1.09 bits per heavy atom. The van der Waals surface area contributed by atoms with E-state index in [0.29, 0.717) is 6.61 Å². The smallest absolute Gasteiger partial charge is 0.186 e. The Morgan fingerprint density at radius 1 is 0.629 bits per heavy atom. The summed E-state index contributed by atoms with van der Waals surface area (Å²) < 4.78 is 11.1. The summed E-state index contributed by atoms with van der Waals surface area (Å²) in [5.74, 6) is 0. The molecule has 0 bridgehead atoms. The average Bonchev–Trinajstić information content (AvgIpc) is 2.83. The second-order valence-electron chi connectivity index (χ2n) is 11.5. The fraction of sp³-hybridized carbons (Fsp3) is 1.00. The van der Waals surface area contributed by atoms with Crippen LogP contribution < -0.4 is 0 Å². The van der Waals surface area contributed by atoms with Gasteiger partial charge < -0.3 is 29.9 Å². The molecule has 0 aromatic heterocycles. The van der Waals surface area contributed by atoms with Gasteiger partial charge in [0.2, 0.25) is 0 Å². The molecule has 35 heavy (non-hydrogen) atoms. The molecular weight excluding hydrogens is 460 g/mol. The molecule has 1 aliphatic rings. The van der Waals surface area contributed by atoms with Crippen LogP contribution in [0, 0.1) is 0 Å². The predicted octanol–water partition coefficient (Wildman–Crippen LogP) is 5.77. The van der Waals surface area contributed by atoms with Gasteiger partial charge in [-0.3, -0.25) is 0 Å². The van der Waals surface area contributed by atoms with Gasteiger partial charge in [0.25, 0.3) is 0 Å². The Bertz CT molecular complexity index is 490. The number of rotatable bonds is 22. The number of hydrogen-bond donors (Lipinski definition) is 4. The van der Waals surface area contributed by atoms with Crippen molar-refractivity contribution >= 4 is 8.07 Å². The summed E-state index contributed by atoms with van der Waals surface area (Å²) >= 11 is 0. The Balaban J connectivity index is 1.96. The number of aliphatic hydroxyl groups excluding tert-OH is 4. The normalized spacial score (nSPS) is 25.3. The Labute approximate surface area is 216 Å². The van der Waals surface area contributed by atoms with Crippen LogP contribution in [0.15, 0.2) is 0 Å². The minimum Gasteiger partial charge on any atom is -0.394 e. The van der Waals surface area contributed by atoms with Crippen molar-refractivity contribution in [3.8, 4) is 0 Å². The van der Waals surface area contributed by atoms with E-state index < -0.39 is 45.4 Å². The monoisotopic (exact) mass is 518 g/mol. The molecule has 0 spiro atoms. The van der Waals surface area contributed by atoms with Crippen molar-refractivity contribution in [2.75, 3.05) is 13.2 Å². The third kappa shape index (κ3) is 15.1. The molecule has 0 aromatic rings. The van der Waals surface area contributed by atoms with E-state index in [1.54, 1.807) is 0 Å². The summed E-state index contributed by atoms with van der Waals surface area (Å²) in [5.41, 5.74) is 0. The highest BCUT2D eigenvalue weighted by molar-refractivity contribution is 6.77. The zero-order valence-corrected chi connectivity index (χ0v) is 24.1. The molecule has 1 aliphatic heterocycles. The lowest BCUT2D eigenvalue weighted by Crippen LogP contribution is -2.59. The molecule has 1 saturated heterocycles. The van der Waals surface area contributed by atoms with E-state index in [-0.39, 0.29) is 0 Å². The molecule has 5 atom stereocenters. The molecule has 0 radical (unpaired) electrons. The van der Waals surface area contributed by atoms with Crippen LogP contribution in [-0.2, 0) is 9.47 Å². The molecule has 0 aliphatic carbocycles. The van der Waals surface area contributed by atoms with E-state index in [9.17, 15) is 20.4 Å². The molecule has 1 heterocycles. The second kappa shape index (κ2) is 20.0. The van der Waals surface area contributed by atoms with Crippen molar-refractivity contribution in [2.24, 2.45) is 0 Å². The molecule has 0 saturated carbocycles. The van der Waals surface area contributed by atoms with E-state index in [1.807, 2.05) is 0 Å². The number of aliphatic hydroxyl groups is 4. The number of unbranched alkanes of at least 4 members (excludes halogenated alkanes) is 15. The van der Waals surface area contributed by atoms with Crippen molar-refractivity contribution < 1.29 is 29.9 Å². The molecule has 1 fully saturated rings. The Kier molecular flexibility index (Phi) is 18.9. The average molecular weight is 519 g/mol. The van der Waals surface area contributed by atoms with Gasteiger partial charge in [-0.15, -0.1) is 0 Å². The fourth-order valence-electron chi connectivity index (χ4n) is 4.93. The third-order valence-electron chi connectivity index (χ3n) is 7.62. The highest BCUT2D eigenvalue weighted by Crippen LogP contribution is 2.24. The van der Waals surface area contributed by atoms with Crippen molar-refractivity contribution in [2.45, 2.75) is 166 Å². The molecule has 1 rings (SSSR count). The SMILES string of the molecule is CCCCCCCCCCCCCCCCCC[Si](C)(C)CCO[C@@H]1O[C@H](CO)[C@H](O)[C@H](O)[C@H]1O. The maximum atomic E-state index is 10.1. The number of hydrogen-bond acceptors (Lipinski definition) is 6. The first-order chi connectivity index (χ1) is 16.8. The molecule has 7 heteroatoms. The van der Waals surface area contributed by atoms with Gasteiger partial charge in [-0.25, -0.2) is 0 Å². The van der Waals surface area contributed by atoms with E-state index >= 15 is 0 Å². The van der Waals surface area contributed by atoms with Crippen LogP contribution in [0.5, 0.6) is 0 Å². The van der Waals surface area contributed by atoms with Crippen LogP contribution in [0.1, 0.15) is 110 Å². The maximum absolute atomic E-state index is 10.1. The quantitative estimate of drug-likeness (QED) is 0.107. The standard InChI is InChI=1S/C28H58O6Si/c1-4-5-6-7-8-9-10-11-12-13-14-15-16-17-18-19-21-35(2,3)22-20-33-28-27(32)26(31)25(30)24(23-29)34-28/h24-32H,4-23H2,1-3H3/t24-,25+,26+,27-,28-/m1/s1. The molecule has 4 N–H and O–H groups in total. The third-order valence-corrected chi connectivity index (χ3v) is 10.9. The van der Waals surface area contributed by atoms with Crippen LogP contribution in [0.25, 0.3) is 0 Å². The molecule has 210 valence electrons. The maximum Gasteiger partial charge on any atom is 0.186 e. The van der Waals surface area contributed by atoms with Gasteiger partial charge in [-0.05, 0) is 6.04 Å². The predicted molar refractivity (Wildman–Crippen MR) is 146 cm³/mol. The summed E-state index contributed by atoms with van der Waals surface area (Å²) in [6, 6.07) is 2.23.